The van der Waals surface area contributed by atoms with E-state index < -0.39 is 17.1 Å². The molecule has 0 aliphatic rings. The van der Waals surface area contributed by atoms with E-state index in [4.69, 9.17) is 0 Å². The molecule has 3 N–H and O–H groups in total. The van der Waals surface area contributed by atoms with Gasteiger partial charge in [0, 0.05) is 7.05 Å². The summed E-state index contributed by atoms with van der Waals surface area (Å²) in [5, 5.41) is 13.6. The number of aromatic amines is 1. The van der Waals surface area contributed by atoms with Gasteiger partial charge in [-0.15, -0.1) is 0 Å². The van der Waals surface area contributed by atoms with Gasteiger partial charge in [-0.05, 0) is 18.6 Å². The molecule has 0 atom stereocenters. The first-order chi connectivity index (χ1) is 9.50. The molecule has 1 heterocycles. The van der Waals surface area contributed by atoms with Gasteiger partial charge in [-0.1, -0.05) is 18.2 Å². The van der Waals surface area contributed by atoms with Gasteiger partial charge in [0.2, 0.25) is 5.88 Å². The Morgan fingerprint density at radius 1 is 1.35 bits per heavy atom. The lowest BCUT2D eigenvalue weighted by Gasteiger charge is -2.05. The van der Waals surface area contributed by atoms with E-state index in [0.717, 1.165) is 15.8 Å². The Kier molecular flexibility index (Phi) is 3.69. The normalized spacial score (nSPS) is 10.9. The minimum atomic E-state index is -0.694. The van der Waals surface area contributed by atoms with Gasteiger partial charge in [-0.2, -0.15) is 5.10 Å². The van der Waals surface area contributed by atoms with Crippen molar-refractivity contribution in [1.29, 1.82) is 0 Å². The molecule has 7 heteroatoms. The number of anilines is 1. The van der Waals surface area contributed by atoms with Crippen molar-refractivity contribution >= 4 is 11.9 Å². The van der Waals surface area contributed by atoms with Crippen molar-refractivity contribution in [3.63, 3.8) is 0 Å². The van der Waals surface area contributed by atoms with Crippen molar-refractivity contribution in [3.05, 3.63) is 56.2 Å². The van der Waals surface area contributed by atoms with Crippen LogP contribution in [0.3, 0.4) is 0 Å². The van der Waals surface area contributed by atoms with Crippen molar-refractivity contribution in [2.45, 2.75) is 6.92 Å². The Balaban J connectivity index is 2.30. The van der Waals surface area contributed by atoms with Gasteiger partial charge in [-0.25, -0.2) is 4.79 Å². The number of benzene rings is 1. The number of aromatic hydroxyl groups is 1. The summed E-state index contributed by atoms with van der Waals surface area (Å²) < 4.78 is 0.927. The van der Waals surface area contributed by atoms with Crippen molar-refractivity contribution < 1.29 is 5.11 Å². The predicted molar refractivity (Wildman–Crippen MR) is 76.4 cm³/mol. The number of nitrogens with zero attached hydrogens (tertiary/aromatic N) is 2. The third kappa shape index (κ3) is 2.61. The van der Waals surface area contributed by atoms with Crippen molar-refractivity contribution in [1.82, 2.24) is 9.55 Å². The van der Waals surface area contributed by atoms with Crippen LogP contribution < -0.4 is 16.7 Å². The second-order valence-electron chi connectivity index (χ2n) is 4.24. The quantitative estimate of drug-likeness (QED) is 0.561. The van der Waals surface area contributed by atoms with Crippen LogP contribution in [0.15, 0.2) is 39.0 Å². The lowest BCUT2D eigenvalue weighted by molar-refractivity contribution is 0.417. The summed E-state index contributed by atoms with van der Waals surface area (Å²) in [4.78, 5) is 24.9. The predicted octanol–water partition coefficient (Wildman–Crippen LogP) is 0.534. The molecule has 0 fully saturated rings. The number of H-pyrrole nitrogens is 1. The lowest BCUT2D eigenvalue weighted by atomic mass is 10.2. The summed E-state index contributed by atoms with van der Waals surface area (Å²) in [6, 6.07) is 7.49. The Morgan fingerprint density at radius 2 is 2.05 bits per heavy atom. The van der Waals surface area contributed by atoms with E-state index in [0.29, 0.717) is 0 Å². The Hall–Kier alpha value is -2.83. The maximum absolute atomic E-state index is 11.6. The summed E-state index contributed by atoms with van der Waals surface area (Å²) in [6.45, 7) is 1.91. The van der Waals surface area contributed by atoms with Gasteiger partial charge in [0.15, 0.2) is 0 Å². The van der Waals surface area contributed by atoms with E-state index in [2.05, 4.69) is 15.5 Å². The molecule has 0 aliphatic carbocycles. The Bertz CT molecular complexity index is 774. The zero-order valence-corrected chi connectivity index (χ0v) is 11.0. The van der Waals surface area contributed by atoms with Crippen LogP contribution >= 0.6 is 0 Å². The van der Waals surface area contributed by atoms with Crippen LogP contribution in [0.2, 0.25) is 0 Å². The van der Waals surface area contributed by atoms with Crippen LogP contribution in [0.4, 0.5) is 5.69 Å². The zero-order valence-electron chi connectivity index (χ0n) is 11.0. The second-order valence-corrected chi connectivity index (χ2v) is 4.24. The second kappa shape index (κ2) is 5.43. The highest BCUT2D eigenvalue weighted by atomic mass is 16.3. The van der Waals surface area contributed by atoms with Crippen LogP contribution in [0.1, 0.15) is 11.1 Å². The Labute approximate surface area is 114 Å². The number of para-hydroxylation sites is 1. The number of rotatable bonds is 3. The first-order valence-corrected chi connectivity index (χ1v) is 5.87. The highest BCUT2D eigenvalue weighted by Gasteiger charge is 2.09. The van der Waals surface area contributed by atoms with E-state index in [1.807, 2.05) is 31.2 Å². The highest BCUT2D eigenvalue weighted by Crippen LogP contribution is 2.13. The Morgan fingerprint density at radius 3 is 2.75 bits per heavy atom. The molecule has 7 nitrogen and oxygen atoms in total. The molecule has 0 spiro atoms. The first kappa shape index (κ1) is 13.6. The molecule has 0 aliphatic heterocycles. The lowest BCUT2D eigenvalue weighted by Crippen LogP contribution is -2.30. The molecule has 1 aromatic heterocycles. The molecule has 2 aromatic rings. The summed E-state index contributed by atoms with van der Waals surface area (Å²) in [5.74, 6) is -0.436. The number of hydrogen-bond acceptors (Lipinski definition) is 5. The number of aryl methyl sites for hydroxylation is 1. The molecule has 2 rings (SSSR count). The largest absolute Gasteiger partial charge is 0.494 e. The monoisotopic (exact) mass is 274 g/mol. The number of aromatic nitrogens is 2. The highest BCUT2D eigenvalue weighted by molar-refractivity contribution is 5.82. The third-order valence-electron chi connectivity index (χ3n) is 2.85. The van der Waals surface area contributed by atoms with Crippen LogP contribution in [0, 0.1) is 6.92 Å². The molecule has 0 bridgehead atoms. The average molecular weight is 274 g/mol. The summed E-state index contributed by atoms with van der Waals surface area (Å²) in [5.41, 5.74) is 3.07. The first-order valence-electron chi connectivity index (χ1n) is 5.87. The van der Waals surface area contributed by atoms with Crippen molar-refractivity contribution in [2.24, 2.45) is 12.1 Å². The van der Waals surface area contributed by atoms with Crippen molar-refractivity contribution in [3.8, 4) is 5.88 Å². The molecule has 104 valence electrons. The maximum atomic E-state index is 11.6. The average Bonchev–Trinajstić information content (AvgIpc) is 2.42. The molecule has 0 saturated heterocycles. The fourth-order valence-corrected chi connectivity index (χ4v) is 1.61. The fourth-order valence-electron chi connectivity index (χ4n) is 1.61. The molecule has 20 heavy (non-hydrogen) atoms. The molecule has 1 aromatic carbocycles. The van der Waals surface area contributed by atoms with Gasteiger partial charge >= 0.3 is 5.69 Å². The number of hydrogen-bond donors (Lipinski definition) is 3. The standard InChI is InChI=1S/C13H14N4O3/c1-8-5-3-4-6-10(8)16-14-7-9-11(18)15-13(20)17(2)12(9)19/h3-7,16,19H,1-2H3,(H,15,18,20). The summed E-state index contributed by atoms with van der Waals surface area (Å²) in [6.07, 6.45) is 1.17. The van der Waals surface area contributed by atoms with Crippen LogP contribution in [0.5, 0.6) is 5.88 Å². The number of hydrazone groups is 1. The van der Waals surface area contributed by atoms with E-state index in [9.17, 15) is 14.7 Å². The van der Waals surface area contributed by atoms with E-state index in [1.165, 1.54) is 13.3 Å². The van der Waals surface area contributed by atoms with Gasteiger partial charge in [0.05, 0.1) is 11.9 Å². The minimum Gasteiger partial charge on any atom is -0.494 e. The van der Waals surface area contributed by atoms with E-state index in [1.54, 1.807) is 0 Å². The SMILES string of the molecule is Cc1ccccc1NN=Cc1c(O)n(C)c(=O)[nH]c1=O. The van der Waals surface area contributed by atoms with E-state index in [-0.39, 0.29) is 5.56 Å². The topological polar surface area (TPSA) is 99.5 Å². The molecule has 0 amide bonds. The minimum absolute atomic E-state index is 0.0896. The smallest absolute Gasteiger partial charge is 0.330 e. The molecular weight excluding hydrogens is 260 g/mol. The van der Waals surface area contributed by atoms with Gasteiger partial charge < -0.3 is 5.11 Å². The molecule has 0 unspecified atom stereocenters. The summed E-state index contributed by atoms with van der Waals surface area (Å²) in [7, 11) is 1.35. The van der Waals surface area contributed by atoms with Gasteiger partial charge in [-0.3, -0.25) is 19.8 Å². The fraction of sp³-hybridized carbons (Fsp3) is 0.154. The van der Waals surface area contributed by atoms with Gasteiger partial charge in [0.1, 0.15) is 5.56 Å². The number of nitrogens with one attached hydrogen (secondary N) is 2. The van der Waals surface area contributed by atoms with Gasteiger partial charge in [0.25, 0.3) is 5.56 Å². The molecular formula is C13H14N4O3. The summed E-state index contributed by atoms with van der Waals surface area (Å²) >= 11 is 0. The maximum Gasteiger partial charge on any atom is 0.330 e. The van der Waals surface area contributed by atoms with Crippen LogP contribution in [-0.2, 0) is 7.05 Å². The third-order valence-corrected chi connectivity index (χ3v) is 2.85. The molecule has 0 radical (unpaired) electrons. The van der Waals surface area contributed by atoms with Crippen LogP contribution in [0.25, 0.3) is 0 Å². The molecule has 0 saturated carbocycles. The zero-order chi connectivity index (χ0) is 14.7. The van der Waals surface area contributed by atoms with E-state index >= 15 is 0 Å². The van der Waals surface area contributed by atoms with Crippen LogP contribution in [-0.4, -0.2) is 20.9 Å². The van der Waals surface area contributed by atoms with Crippen molar-refractivity contribution in [2.75, 3.05) is 5.43 Å².